The number of rotatable bonds is 9. The molecule has 2 heterocycles. The summed E-state index contributed by atoms with van der Waals surface area (Å²) in [6.07, 6.45) is 4.63. The fraction of sp³-hybridized carbons (Fsp3) is 0.242. The van der Waals surface area contributed by atoms with Crippen molar-refractivity contribution in [2.75, 3.05) is 16.4 Å². The Morgan fingerprint density at radius 1 is 0.976 bits per heavy atom. The maximum absolute atomic E-state index is 13.3. The maximum atomic E-state index is 13.3. The van der Waals surface area contributed by atoms with Crippen molar-refractivity contribution in [3.05, 3.63) is 102 Å². The minimum atomic E-state index is -0.657. The smallest absolute Gasteiger partial charge is 0.324 e. The van der Waals surface area contributed by atoms with Crippen LogP contribution in [0.3, 0.4) is 0 Å². The summed E-state index contributed by atoms with van der Waals surface area (Å²) in [5.41, 5.74) is 9.83. The van der Waals surface area contributed by atoms with Crippen LogP contribution < -0.4 is 21.1 Å². The Hall–Kier alpha value is -4.85. The second kappa shape index (κ2) is 11.7. The van der Waals surface area contributed by atoms with Crippen LogP contribution in [-0.2, 0) is 12.0 Å². The number of urea groups is 1. The lowest BCUT2D eigenvalue weighted by Crippen LogP contribution is -2.26. The number of anilines is 3. The van der Waals surface area contributed by atoms with E-state index >= 15 is 0 Å². The predicted molar refractivity (Wildman–Crippen MR) is 166 cm³/mol. The number of hydrogen-bond acceptors (Lipinski definition) is 5. The summed E-state index contributed by atoms with van der Waals surface area (Å²) in [5, 5.41) is 12.6. The molecule has 5 aromatic rings. The van der Waals surface area contributed by atoms with Gasteiger partial charge in [0.1, 0.15) is 23.0 Å². The normalized spacial score (nSPS) is 11.4. The third kappa shape index (κ3) is 6.32. The molecule has 2 amide bonds. The van der Waals surface area contributed by atoms with Crippen molar-refractivity contribution in [2.24, 2.45) is 0 Å². The Morgan fingerprint density at radius 2 is 1.73 bits per heavy atom. The van der Waals surface area contributed by atoms with Gasteiger partial charge in [0.05, 0.1) is 17.1 Å². The van der Waals surface area contributed by atoms with Gasteiger partial charge in [0, 0.05) is 23.0 Å². The van der Waals surface area contributed by atoms with Gasteiger partial charge in [-0.05, 0) is 75.6 Å². The van der Waals surface area contributed by atoms with Crippen molar-refractivity contribution in [1.29, 1.82) is 0 Å². The lowest BCUT2D eigenvalue weighted by atomic mass is 9.98. The maximum Gasteiger partial charge on any atom is 0.324 e. The molecule has 0 radical (unpaired) electrons. The number of nitrogens with two attached hydrogens (primary N) is 1. The number of fused-ring (bicyclic) bond motifs is 1. The number of hydrogen-bond donors (Lipinski definition) is 3. The number of benzene rings is 3. The van der Waals surface area contributed by atoms with Crippen LogP contribution in [0.15, 0.2) is 85.1 Å². The van der Waals surface area contributed by atoms with Crippen LogP contribution in [0.1, 0.15) is 50.4 Å². The highest BCUT2D eigenvalue weighted by atomic mass is 16.5. The van der Waals surface area contributed by atoms with Gasteiger partial charge in [-0.25, -0.2) is 14.5 Å². The van der Waals surface area contributed by atoms with Crippen molar-refractivity contribution >= 4 is 34.1 Å². The van der Waals surface area contributed by atoms with Crippen LogP contribution >= 0.6 is 0 Å². The molecule has 0 aliphatic heterocycles. The summed E-state index contributed by atoms with van der Waals surface area (Å²) in [7, 11) is 0. The third-order valence-electron chi connectivity index (χ3n) is 7.04. The second-order valence-electron chi connectivity index (χ2n) is 10.7. The monoisotopic (exact) mass is 548 g/mol. The van der Waals surface area contributed by atoms with Crippen LogP contribution in [0.5, 0.6) is 5.75 Å². The lowest BCUT2D eigenvalue weighted by Gasteiger charge is -2.28. The first-order valence-corrected chi connectivity index (χ1v) is 13.9. The third-order valence-corrected chi connectivity index (χ3v) is 7.04. The number of nitrogens with zero attached hydrogens (tertiary/aromatic N) is 3. The van der Waals surface area contributed by atoms with E-state index in [2.05, 4.69) is 22.5 Å². The van der Waals surface area contributed by atoms with Gasteiger partial charge in [-0.3, -0.25) is 5.32 Å². The number of carbonyl (C=O) groups is 1. The highest BCUT2D eigenvalue weighted by Crippen LogP contribution is 2.36. The molecule has 8 heteroatoms. The highest BCUT2D eigenvalue weighted by molar-refractivity contribution is 6.07. The van der Waals surface area contributed by atoms with Crippen LogP contribution in [0, 0.1) is 6.92 Å². The van der Waals surface area contributed by atoms with Crippen LogP contribution in [0.2, 0.25) is 0 Å². The van der Waals surface area contributed by atoms with E-state index in [0.717, 1.165) is 52.5 Å². The van der Waals surface area contributed by atoms with E-state index in [1.165, 1.54) is 0 Å². The minimum absolute atomic E-state index is 0.355. The first kappa shape index (κ1) is 27.7. The zero-order chi connectivity index (χ0) is 29.0. The highest BCUT2D eigenvalue weighted by Gasteiger charge is 2.24. The molecule has 0 aliphatic rings. The number of ether oxygens (including phenoxy) is 1. The Balaban J connectivity index is 1.40. The van der Waals surface area contributed by atoms with Crippen molar-refractivity contribution in [3.8, 4) is 11.4 Å². The standard InChI is InChI=1S/C33H36N6O2/c1-5-6-9-24-21-31(39(38-24)25-14-12-22(2)13-15-25)37-32(40)36-28-16-17-29(27-11-8-7-10-26(27)28)41-33(3,4)23-18-19-35-30(34)20-23/h7-8,10-21H,5-6,9H2,1-4H3,(H2,34,35)(H2,36,37,40). The molecule has 41 heavy (non-hydrogen) atoms. The molecule has 0 spiro atoms. The average molecular weight is 549 g/mol. The second-order valence-corrected chi connectivity index (χ2v) is 10.7. The molecule has 0 unspecified atom stereocenters. The van der Waals surface area contributed by atoms with Gasteiger partial charge < -0.3 is 15.8 Å². The molecule has 8 nitrogen and oxygen atoms in total. The first-order valence-electron chi connectivity index (χ1n) is 13.9. The Morgan fingerprint density at radius 3 is 2.46 bits per heavy atom. The van der Waals surface area contributed by atoms with Gasteiger partial charge in [-0.15, -0.1) is 0 Å². The average Bonchev–Trinajstić information content (AvgIpc) is 3.35. The molecule has 0 saturated carbocycles. The zero-order valence-corrected chi connectivity index (χ0v) is 23.9. The lowest BCUT2D eigenvalue weighted by molar-refractivity contribution is 0.111. The van der Waals surface area contributed by atoms with Crippen LogP contribution in [0.25, 0.3) is 16.5 Å². The van der Waals surface area contributed by atoms with Crippen LogP contribution in [0.4, 0.5) is 22.1 Å². The molecule has 0 bridgehead atoms. The zero-order valence-electron chi connectivity index (χ0n) is 23.9. The summed E-state index contributed by atoms with van der Waals surface area (Å²) in [4.78, 5) is 17.4. The summed E-state index contributed by atoms with van der Waals surface area (Å²) < 4.78 is 8.28. The minimum Gasteiger partial charge on any atom is -0.483 e. The van der Waals surface area contributed by atoms with Gasteiger partial charge in [-0.1, -0.05) is 55.3 Å². The number of amides is 2. The molecule has 0 saturated heterocycles. The Bertz CT molecular complexity index is 1670. The number of pyridine rings is 1. The van der Waals surface area contributed by atoms with Crippen molar-refractivity contribution < 1.29 is 9.53 Å². The molecule has 0 aliphatic carbocycles. The molecule has 210 valence electrons. The summed E-state index contributed by atoms with van der Waals surface area (Å²) in [6.45, 7) is 8.17. The largest absolute Gasteiger partial charge is 0.483 e. The van der Waals surface area contributed by atoms with E-state index in [-0.39, 0.29) is 6.03 Å². The first-order chi connectivity index (χ1) is 19.7. The van der Waals surface area contributed by atoms with E-state index in [1.54, 1.807) is 10.9 Å². The predicted octanol–water partition coefficient (Wildman–Crippen LogP) is 7.61. The fourth-order valence-corrected chi connectivity index (χ4v) is 4.78. The summed E-state index contributed by atoms with van der Waals surface area (Å²) >= 11 is 0. The molecule has 4 N–H and O–H groups in total. The number of aromatic nitrogens is 3. The quantitative estimate of drug-likeness (QED) is 0.176. The topological polar surface area (TPSA) is 107 Å². The molecule has 0 fully saturated rings. The van der Waals surface area contributed by atoms with E-state index in [9.17, 15) is 4.79 Å². The van der Waals surface area contributed by atoms with E-state index in [4.69, 9.17) is 15.6 Å². The van der Waals surface area contributed by atoms with E-state index in [1.807, 2.05) is 99.6 Å². The molecular formula is C33H36N6O2. The number of unbranched alkanes of at least 4 members (excludes halogenated alkanes) is 1. The number of nitrogen functional groups attached to an aromatic ring is 1. The van der Waals surface area contributed by atoms with E-state index < -0.39 is 5.60 Å². The van der Waals surface area contributed by atoms with Crippen molar-refractivity contribution in [2.45, 2.75) is 52.6 Å². The van der Waals surface area contributed by atoms with Gasteiger partial charge in [-0.2, -0.15) is 5.10 Å². The fourth-order valence-electron chi connectivity index (χ4n) is 4.78. The van der Waals surface area contributed by atoms with E-state index in [0.29, 0.717) is 23.1 Å². The number of carbonyl (C=O) groups excluding carboxylic acids is 1. The van der Waals surface area contributed by atoms with Crippen molar-refractivity contribution in [3.63, 3.8) is 0 Å². The summed E-state index contributed by atoms with van der Waals surface area (Å²) in [5.74, 6) is 1.75. The van der Waals surface area contributed by atoms with Gasteiger partial charge >= 0.3 is 6.03 Å². The van der Waals surface area contributed by atoms with Gasteiger partial charge in [0.15, 0.2) is 0 Å². The van der Waals surface area contributed by atoms with Gasteiger partial charge in [0.2, 0.25) is 0 Å². The molecule has 0 atom stereocenters. The van der Waals surface area contributed by atoms with Gasteiger partial charge in [0.25, 0.3) is 0 Å². The van der Waals surface area contributed by atoms with Crippen molar-refractivity contribution in [1.82, 2.24) is 14.8 Å². The molecule has 5 rings (SSSR count). The summed E-state index contributed by atoms with van der Waals surface area (Å²) in [6, 6.07) is 25.0. The Kier molecular flexibility index (Phi) is 7.92. The molecule has 3 aromatic carbocycles. The Labute approximate surface area is 240 Å². The molecule has 2 aromatic heterocycles. The number of nitrogens with one attached hydrogen (secondary N) is 2. The molecular weight excluding hydrogens is 512 g/mol. The number of aryl methyl sites for hydroxylation is 2. The SMILES string of the molecule is CCCCc1cc(NC(=O)Nc2ccc(OC(C)(C)c3ccnc(N)c3)c3ccccc23)n(-c2ccc(C)cc2)n1. The van der Waals surface area contributed by atoms with Crippen LogP contribution in [-0.4, -0.2) is 20.8 Å².